The van der Waals surface area contributed by atoms with Crippen LogP contribution in [0.5, 0.6) is 6.01 Å². The molecule has 0 unspecified atom stereocenters. The first-order valence-electron chi connectivity index (χ1n) is 12.9. The van der Waals surface area contributed by atoms with Gasteiger partial charge in [-0.15, -0.1) is 0 Å². The van der Waals surface area contributed by atoms with Gasteiger partial charge in [-0.05, 0) is 76.1 Å². The Kier molecular flexibility index (Phi) is 6.70. The number of aromatic nitrogens is 4. The quantitative estimate of drug-likeness (QED) is 0.567. The topological polar surface area (TPSA) is 106 Å². The number of amides is 1. The number of ether oxygens (including phenoxy) is 2. The van der Waals surface area contributed by atoms with Crippen molar-refractivity contribution in [3.05, 3.63) is 35.5 Å². The molecule has 0 saturated carbocycles. The summed E-state index contributed by atoms with van der Waals surface area (Å²) in [5.74, 6) is 1.67. The Hall–Kier alpha value is -3.40. The Labute approximate surface area is 217 Å². The number of carbonyl (C=O) groups is 1. The molecule has 2 saturated heterocycles. The fourth-order valence-electron chi connectivity index (χ4n) is 5.24. The summed E-state index contributed by atoms with van der Waals surface area (Å²) in [5.41, 5.74) is 2.95. The minimum Gasteiger partial charge on any atom is -0.467 e. The van der Waals surface area contributed by atoms with Crippen LogP contribution in [-0.4, -0.2) is 80.8 Å². The van der Waals surface area contributed by atoms with Gasteiger partial charge in [0.05, 0.1) is 24.9 Å². The van der Waals surface area contributed by atoms with Gasteiger partial charge in [-0.2, -0.15) is 15.1 Å². The molecular formula is C27H36N6O4. The van der Waals surface area contributed by atoms with Crippen LogP contribution in [0.15, 0.2) is 24.4 Å². The Balaban J connectivity index is 1.42. The zero-order chi connectivity index (χ0) is 26.3. The van der Waals surface area contributed by atoms with Gasteiger partial charge in [0.2, 0.25) is 0 Å². The molecule has 2 aliphatic rings. The summed E-state index contributed by atoms with van der Waals surface area (Å²) < 4.78 is 12.8. The molecule has 37 heavy (non-hydrogen) atoms. The molecule has 10 heteroatoms. The predicted molar refractivity (Wildman–Crippen MR) is 141 cm³/mol. The van der Waals surface area contributed by atoms with Crippen molar-refractivity contribution in [2.24, 2.45) is 0 Å². The second-order valence-corrected chi connectivity index (χ2v) is 11.0. The molecule has 3 aromatic rings. The van der Waals surface area contributed by atoms with Gasteiger partial charge in [0.25, 0.3) is 0 Å². The Morgan fingerprint density at radius 3 is 2.43 bits per heavy atom. The van der Waals surface area contributed by atoms with Crippen molar-refractivity contribution >= 4 is 22.8 Å². The molecule has 2 fully saturated rings. The highest BCUT2D eigenvalue weighted by Gasteiger charge is 2.29. The lowest BCUT2D eigenvalue weighted by Gasteiger charge is -2.34. The van der Waals surface area contributed by atoms with E-state index in [1.807, 2.05) is 47.5 Å². The van der Waals surface area contributed by atoms with Gasteiger partial charge in [-0.1, -0.05) is 0 Å². The van der Waals surface area contributed by atoms with Crippen LogP contribution in [-0.2, 0) is 4.74 Å². The van der Waals surface area contributed by atoms with Crippen LogP contribution in [0.1, 0.15) is 57.1 Å². The zero-order valence-electron chi connectivity index (χ0n) is 22.3. The lowest BCUT2D eigenvalue weighted by molar-refractivity contribution is 0.0204. The summed E-state index contributed by atoms with van der Waals surface area (Å²) in [4.78, 5) is 25.4. The summed E-state index contributed by atoms with van der Waals surface area (Å²) in [5, 5.41) is 15.7. The maximum Gasteiger partial charge on any atom is 0.410 e. The van der Waals surface area contributed by atoms with E-state index in [1.165, 1.54) is 11.1 Å². The number of methoxy groups -OCH3 is 1. The summed E-state index contributed by atoms with van der Waals surface area (Å²) in [6.45, 7) is 10.4. The van der Waals surface area contributed by atoms with E-state index < -0.39 is 5.60 Å². The third-order valence-corrected chi connectivity index (χ3v) is 7.11. The molecule has 0 aliphatic carbocycles. The standard InChI is InChI=1S/C27H36N6O4/c1-17-12-19-15-28-33(24-14-23(29-25(30-24)36-5)32-11-8-20(34)16-32)22(19)13-21(17)18-6-9-31(10-7-18)26(35)37-27(2,3)4/h12-15,18,20,34H,6-11,16H2,1-5H3/t20-/m0/s1. The zero-order valence-corrected chi connectivity index (χ0v) is 22.3. The van der Waals surface area contributed by atoms with Crippen molar-refractivity contribution < 1.29 is 19.4 Å². The normalized spacial score (nSPS) is 19.0. The van der Waals surface area contributed by atoms with E-state index in [4.69, 9.17) is 9.47 Å². The Bertz CT molecular complexity index is 1290. The highest BCUT2D eigenvalue weighted by molar-refractivity contribution is 5.82. The van der Waals surface area contributed by atoms with Gasteiger partial charge in [0.1, 0.15) is 11.4 Å². The number of fused-ring (bicyclic) bond motifs is 1. The number of rotatable bonds is 4. The van der Waals surface area contributed by atoms with E-state index >= 15 is 0 Å². The number of anilines is 1. The number of β-amino-alcohol motifs (C(OH)–C–C–N with tert-alkyl or cyclic N) is 1. The summed E-state index contributed by atoms with van der Waals surface area (Å²) >= 11 is 0. The van der Waals surface area contributed by atoms with Crippen LogP contribution in [0, 0.1) is 6.92 Å². The van der Waals surface area contributed by atoms with Crippen LogP contribution < -0.4 is 9.64 Å². The van der Waals surface area contributed by atoms with Gasteiger partial charge >= 0.3 is 12.1 Å². The molecule has 2 aromatic heterocycles. The van der Waals surface area contributed by atoms with Crippen molar-refractivity contribution in [2.45, 2.75) is 64.6 Å². The van der Waals surface area contributed by atoms with E-state index in [2.05, 4.69) is 34.1 Å². The molecule has 10 nitrogen and oxygen atoms in total. The van der Waals surface area contributed by atoms with Crippen molar-refractivity contribution in [1.82, 2.24) is 24.6 Å². The number of aliphatic hydroxyl groups excluding tert-OH is 1. The minimum atomic E-state index is -0.494. The highest BCUT2D eigenvalue weighted by Crippen LogP contribution is 2.34. The summed E-state index contributed by atoms with van der Waals surface area (Å²) in [6, 6.07) is 6.54. The third kappa shape index (κ3) is 5.34. The molecule has 198 valence electrons. The number of benzene rings is 1. The SMILES string of the molecule is COc1nc(N2CC[C@H](O)C2)cc(-n2ncc3cc(C)c(C4CCN(C(=O)OC(C)(C)C)CC4)cc32)n1. The molecular weight excluding hydrogens is 472 g/mol. The molecule has 1 aromatic carbocycles. The molecule has 0 spiro atoms. The monoisotopic (exact) mass is 508 g/mol. The number of aryl methyl sites for hydroxylation is 1. The number of aliphatic hydroxyl groups is 1. The maximum atomic E-state index is 12.5. The Morgan fingerprint density at radius 2 is 1.78 bits per heavy atom. The number of hydrogen-bond donors (Lipinski definition) is 1. The predicted octanol–water partition coefficient (Wildman–Crippen LogP) is 3.82. The van der Waals surface area contributed by atoms with E-state index in [0.717, 1.165) is 30.3 Å². The highest BCUT2D eigenvalue weighted by atomic mass is 16.6. The van der Waals surface area contributed by atoms with Gasteiger partial charge < -0.3 is 24.4 Å². The van der Waals surface area contributed by atoms with E-state index in [0.29, 0.717) is 43.6 Å². The first-order chi connectivity index (χ1) is 17.6. The number of nitrogens with zero attached hydrogens (tertiary/aromatic N) is 6. The van der Waals surface area contributed by atoms with Crippen LogP contribution in [0.3, 0.4) is 0 Å². The van der Waals surface area contributed by atoms with Crippen molar-refractivity contribution in [3.8, 4) is 11.8 Å². The van der Waals surface area contributed by atoms with Crippen LogP contribution in [0.2, 0.25) is 0 Å². The second-order valence-electron chi connectivity index (χ2n) is 11.0. The smallest absolute Gasteiger partial charge is 0.410 e. The van der Waals surface area contributed by atoms with E-state index in [9.17, 15) is 9.90 Å². The third-order valence-electron chi connectivity index (χ3n) is 7.11. The van der Waals surface area contributed by atoms with Gasteiger partial charge in [-0.25, -0.2) is 9.48 Å². The van der Waals surface area contributed by atoms with Gasteiger partial charge in [0, 0.05) is 37.6 Å². The van der Waals surface area contributed by atoms with Crippen molar-refractivity contribution in [2.75, 3.05) is 38.2 Å². The molecule has 1 N–H and O–H groups in total. The molecule has 1 amide bonds. The maximum absolute atomic E-state index is 12.5. The molecule has 5 rings (SSSR count). The fourth-order valence-corrected chi connectivity index (χ4v) is 5.24. The molecule has 2 aliphatic heterocycles. The van der Waals surface area contributed by atoms with Crippen LogP contribution in [0.4, 0.5) is 10.6 Å². The lowest BCUT2D eigenvalue weighted by atomic mass is 9.86. The largest absolute Gasteiger partial charge is 0.467 e. The lowest BCUT2D eigenvalue weighted by Crippen LogP contribution is -2.41. The molecule has 0 bridgehead atoms. The van der Waals surface area contributed by atoms with Crippen molar-refractivity contribution in [3.63, 3.8) is 0 Å². The van der Waals surface area contributed by atoms with Gasteiger partial charge in [-0.3, -0.25) is 0 Å². The molecule has 0 radical (unpaired) electrons. The first kappa shape index (κ1) is 25.3. The van der Waals surface area contributed by atoms with Crippen LogP contribution >= 0.6 is 0 Å². The molecule has 4 heterocycles. The van der Waals surface area contributed by atoms with E-state index in [-0.39, 0.29) is 18.2 Å². The van der Waals surface area contributed by atoms with Crippen LogP contribution in [0.25, 0.3) is 16.7 Å². The second kappa shape index (κ2) is 9.81. The number of likely N-dealkylation sites (tertiary alicyclic amines) is 1. The fraction of sp³-hybridized carbons (Fsp3) is 0.556. The number of piperidine rings is 1. The van der Waals surface area contributed by atoms with E-state index in [1.54, 1.807) is 7.11 Å². The van der Waals surface area contributed by atoms with Gasteiger partial charge in [0.15, 0.2) is 5.82 Å². The minimum absolute atomic E-state index is 0.241. The summed E-state index contributed by atoms with van der Waals surface area (Å²) in [7, 11) is 1.55. The average Bonchev–Trinajstić information content (AvgIpc) is 3.48. The first-order valence-corrected chi connectivity index (χ1v) is 12.9. The summed E-state index contributed by atoms with van der Waals surface area (Å²) in [6.07, 6.45) is 3.72. The Morgan fingerprint density at radius 1 is 1.05 bits per heavy atom. The molecule has 1 atom stereocenters. The number of carbonyl (C=O) groups excluding carboxylic acids is 1. The van der Waals surface area contributed by atoms with Crippen molar-refractivity contribution in [1.29, 1.82) is 0 Å². The number of hydrogen-bond acceptors (Lipinski definition) is 8. The average molecular weight is 509 g/mol.